The highest BCUT2D eigenvalue weighted by molar-refractivity contribution is 7.10. The van der Waals surface area contributed by atoms with Gasteiger partial charge in [-0.25, -0.2) is 14.8 Å². The molecule has 1 aliphatic rings. The molecule has 0 fully saturated rings. The van der Waals surface area contributed by atoms with Crippen LogP contribution in [0.15, 0.2) is 39.2 Å². The lowest BCUT2D eigenvalue weighted by Crippen LogP contribution is -2.03. The first kappa shape index (κ1) is 17.0. The van der Waals surface area contributed by atoms with Crippen LogP contribution in [0, 0.1) is 6.92 Å². The van der Waals surface area contributed by atoms with Crippen LogP contribution in [0.4, 0.5) is 11.7 Å². The molecule has 0 atom stereocenters. The standard InChI is InChI=1S/C19H15N3O4S/c1-10-4-6-27-14(10)9-22-18-15(19(24)25)16(23)13(26-18)7-11-8-21-17-12(11)3-2-5-20-17/h2-8,22-23H,9H2,1H3,(H,24,25). The third-order valence-corrected chi connectivity index (χ3v) is 5.23. The van der Waals surface area contributed by atoms with Crippen molar-refractivity contribution in [3.05, 3.63) is 57.1 Å². The van der Waals surface area contributed by atoms with E-state index in [2.05, 4.69) is 15.3 Å². The number of carboxylic acids is 1. The number of nitrogens with zero attached hydrogens (tertiary/aromatic N) is 2. The minimum atomic E-state index is -1.27. The third kappa shape index (κ3) is 3.11. The van der Waals surface area contributed by atoms with Gasteiger partial charge in [0.15, 0.2) is 22.9 Å². The lowest BCUT2D eigenvalue weighted by molar-refractivity contribution is 0.0694. The number of allylic oxidation sites excluding steroid dienone is 1. The number of thiophene rings is 1. The fourth-order valence-electron chi connectivity index (χ4n) is 2.79. The summed E-state index contributed by atoms with van der Waals surface area (Å²) in [6.45, 7) is 2.38. The molecule has 27 heavy (non-hydrogen) atoms. The van der Waals surface area contributed by atoms with Gasteiger partial charge >= 0.3 is 5.97 Å². The predicted molar refractivity (Wildman–Crippen MR) is 104 cm³/mol. The Hall–Kier alpha value is -3.39. The highest BCUT2D eigenvalue weighted by atomic mass is 32.1. The van der Waals surface area contributed by atoms with Crippen molar-refractivity contribution in [2.75, 3.05) is 5.32 Å². The Balaban J connectivity index is 1.69. The summed E-state index contributed by atoms with van der Waals surface area (Å²) in [5.74, 6) is -1.06. The molecule has 0 radical (unpaired) electrons. The molecule has 3 aromatic heterocycles. The summed E-state index contributed by atoms with van der Waals surface area (Å²) in [6, 6.07) is 5.61. The van der Waals surface area contributed by atoms with E-state index < -0.39 is 11.7 Å². The minimum absolute atomic E-state index is 0.0148. The number of hydrogen-bond acceptors (Lipinski definition) is 7. The van der Waals surface area contributed by atoms with Crippen LogP contribution in [0.1, 0.15) is 32.1 Å². The average Bonchev–Trinajstić information content (AvgIpc) is 3.32. The number of aromatic nitrogens is 1. The molecule has 0 amide bonds. The van der Waals surface area contributed by atoms with Crippen molar-refractivity contribution in [2.45, 2.75) is 13.5 Å². The Bertz CT molecular complexity index is 1090. The summed E-state index contributed by atoms with van der Waals surface area (Å²) in [4.78, 5) is 21.0. The molecular weight excluding hydrogens is 366 g/mol. The number of pyridine rings is 1. The normalized spacial score (nSPS) is 13.9. The Morgan fingerprint density at radius 2 is 2.26 bits per heavy atom. The van der Waals surface area contributed by atoms with Crippen LogP contribution >= 0.6 is 11.3 Å². The van der Waals surface area contributed by atoms with Crippen molar-refractivity contribution in [2.24, 2.45) is 4.99 Å². The van der Waals surface area contributed by atoms with Gasteiger partial charge in [-0.3, -0.25) is 0 Å². The minimum Gasteiger partial charge on any atom is -0.504 e. The second-order valence-corrected chi connectivity index (χ2v) is 6.94. The molecule has 3 N–H and O–H groups in total. The van der Waals surface area contributed by atoms with Crippen LogP contribution in [0.25, 0.3) is 11.6 Å². The molecule has 0 bridgehead atoms. The quantitative estimate of drug-likeness (QED) is 0.607. The van der Waals surface area contributed by atoms with E-state index in [0.29, 0.717) is 17.9 Å². The van der Waals surface area contributed by atoms with E-state index in [4.69, 9.17) is 4.42 Å². The summed E-state index contributed by atoms with van der Waals surface area (Å²) in [7, 11) is 0. The monoisotopic (exact) mass is 381 g/mol. The van der Waals surface area contributed by atoms with Crippen LogP contribution in [-0.4, -0.2) is 27.4 Å². The molecule has 7 nitrogen and oxygen atoms in total. The van der Waals surface area contributed by atoms with E-state index in [9.17, 15) is 15.0 Å². The molecular formula is C19H15N3O4S. The Kier molecular flexibility index (Phi) is 4.25. The summed E-state index contributed by atoms with van der Waals surface area (Å²) >= 11 is 1.56. The van der Waals surface area contributed by atoms with Crippen LogP contribution in [0.3, 0.4) is 0 Å². The highest BCUT2D eigenvalue weighted by Gasteiger charge is 2.25. The third-order valence-electron chi connectivity index (χ3n) is 4.21. The summed E-state index contributed by atoms with van der Waals surface area (Å²) in [6.07, 6.45) is 4.79. The number of aliphatic imine (C=N–C) groups is 1. The number of rotatable bonds is 5. The molecule has 8 heteroatoms. The zero-order valence-corrected chi connectivity index (χ0v) is 15.1. The second kappa shape index (κ2) is 6.73. The van der Waals surface area contributed by atoms with E-state index in [1.165, 1.54) is 0 Å². The van der Waals surface area contributed by atoms with E-state index in [1.54, 1.807) is 35.9 Å². The van der Waals surface area contributed by atoms with Crippen LogP contribution in [0.5, 0.6) is 5.75 Å². The van der Waals surface area contributed by atoms with Gasteiger partial charge in [-0.1, -0.05) is 0 Å². The lowest BCUT2D eigenvalue weighted by Gasteiger charge is -2.03. The Morgan fingerprint density at radius 3 is 3.00 bits per heavy atom. The molecule has 0 spiro atoms. The van der Waals surface area contributed by atoms with E-state index >= 15 is 0 Å². The van der Waals surface area contributed by atoms with E-state index in [1.807, 2.05) is 24.4 Å². The van der Waals surface area contributed by atoms with E-state index in [0.717, 1.165) is 16.0 Å². The molecule has 0 saturated heterocycles. The molecule has 4 rings (SSSR count). The zero-order chi connectivity index (χ0) is 19.0. The predicted octanol–water partition coefficient (Wildman–Crippen LogP) is 4.32. The number of aromatic hydroxyl groups is 1. The zero-order valence-electron chi connectivity index (χ0n) is 14.3. The van der Waals surface area contributed by atoms with Crippen LogP contribution in [0.2, 0.25) is 0 Å². The number of carbonyl (C=O) groups is 1. The average molecular weight is 381 g/mol. The SMILES string of the molecule is Cc1ccsc1CNc1oc(C=C2C=Nc3ncccc32)c(O)c1C(=O)O. The Morgan fingerprint density at radius 1 is 1.41 bits per heavy atom. The van der Waals surface area contributed by atoms with Crippen molar-refractivity contribution in [3.63, 3.8) is 0 Å². The molecule has 0 unspecified atom stereocenters. The summed E-state index contributed by atoms with van der Waals surface area (Å²) in [5.41, 5.74) is 2.28. The van der Waals surface area contributed by atoms with Crippen molar-refractivity contribution >= 4 is 46.9 Å². The number of anilines is 1. The van der Waals surface area contributed by atoms with Crippen molar-refractivity contribution in [3.8, 4) is 5.75 Å². The maximum atomic E-state index is 11.6. The molecule has 1 aliphatic heterocycles. The Labute approximate surface area is 158 Å². The molecule has 0 aromatic carbocycles. The van der Waals surface area contributed by atoms with Gasteiger partial charge in [0.25, 0.3) is 0 Å². The van der Waals surface area contributed by atoms with Crippen LogP contribution < -0.4 is 5.32 Å². The maximum absolute atomic E-state index is 11.6. The van der Waals surface area contributed by atoms with Crippen molar-refractivity contribution in [1.82, 2.24) is 4.98 Å². The van der Waals surface area contributed by atoms with Gasteiger partial charge in [0.1, 0.15) is 0 Å². The topological polar surface area (TPSA) is 108 Å². The summed E-state index contributed by atoms with van der Waals surface area (Å²) < 4.78 is 5.63. The smallest absolute Gasteiger partial charge is 0.345 e. The first-order chi connectivity index (χ1) is 13.0. The van der Waals surface area contributed by atoms with Crippen molar-refractivity contribution in [1.29, 1.82) is 0 Å². The molecule has 3 aromatic rings. The van der Waals surface area contributed by atoms with Crippen molar-refractivity contribution < 1.29 is 19.4 Å². The summed E-state index contributed by atoms with van der Waals surface area (Å²) in [5, 5.41) is 24.8. The number of furan rings is 1. The molecule has 4 heterocycles. The number of carboxylic acid groups (broad SMARTS) is 1. The second-order valence-electron chi connectivity index (χ2n) is 5.94. The first-order valence-electron chi connectivity index (χ1n) is 8.11. The van der Waals surface area contributed by atoms with Gasteiger partial charge in [0.2, 0.25) is 5.88 Å². The lowest BCUT2D eigenvalue weighted by atomic mass is 10.1. The first-order valence-corrected chi connectivity index (χ1v) is 8.99. The number of aromatic carboxylic acids is 1. The van der Waals surface area contributed by atoms with Gasteiger partial charge in [-0.05, 0) is 42.1 Å². The van der Waals surface area contributed by atoms with Gasteiger partial charge in [-0.15, -0.1) is 11.3 Å². The fraction of sp³-hybridized carbons (Fsp3) is 0.105. The van der Waals surface area contributed by atoms with Gasteiger partial charge in [-0.2, -0.15) is 0 Å². The number of nitrogens with one attached hydrogen (secondary N) is 1. The number of hydrogen-bond donors (Lipinski definition) is 3. The maximum Gasteiger partial charge on any atom is 0.345 e. The van der Waals surface area contributed by atoms with Gasteiger partial charge in [0, 0.05) is 28.4 Å². The fourth-order valence-corrected chi connectivity index (χ4v) is 3.63. The van der Waals surface area contributed by atoms with Gasteiger partial charge < -0.3 is 19.9 Å². The van der Waals surface area contributed by atoms with Gasteiger partial charge in [0.05, 0.1) is 6.54 Å². The van der Waals surface area contributed by atoms with E-state index in [-0.39, 0.29) is 17.2 Å². The van der Waals surface area contributed by atoms with Crippen LogP contribution in [-0.2, 0) is 6.54 Å². The molecule has 0 saturated carbocycles. The number of aryl methyl sites for hydroxylation is 1. The largest absolute Gasteiger partial charge is 0.504 e. The highest BCUT2D eigenvalue weighted by Crippen LogP contribution is 2.38. The molecule has 0 aliphatic carbocycles. The molecule has 136 valence electrons. The number of fused-ring (bicyclic) bond motifs is 1.